The van der Waals surface area contributed by atoms with Crippen molar-refractivity contribution in [2.24, 2.45) is 0 Å². The van der Waals surface area contributed by atoms with E-state index in [9.17, 15) is 9.59 Å². The van der Waals surface area contributed by atoms with Gasteiger partial charge in [-0.1, -0.05) is 31.2 Å². The third-order valence-corrected chi connectivity index (χ3v) is 8.04. The number of nitrogens with zero attached hydrogens (tertiary/aromatic N) is 4. The highest BCUT2D eigenvalue weighted by molar-refractivity contribution is 5.91. The van der Waals surface area contributed by atoms with Gasteiger partial charge >= 0.3 is 0 Å². The monoisotopic (exact) mass is 516 g/mol. The average Bonchev–Trinajstić information content (AvgIpc) is 3.51. The van der Waals surface area contributed by atoms with Crippen molar-refractivity contribution in [1.29, 1.82) is 0 Å². The molecule has 0 atom stereocenters. The Morgan fingerprint density at radius 1 is 1.08 bits per heavy atom. The van der Waals surface area contributed by atoms with Crippen LogP contribution in [0.15, 0.2) is 36.4 Å². The van der Waals surface area contributed by atoms with Crippen molar-refractivity contribution in [1.82, 2.24) is 25.3 Å². The Balaban J connectivity index is 1.37. The lowest BCUT2D eigenvalue weighted by Crippen LogP contribution is -2.47. The fraction of sp³-hybridized carbons (Fsp3) is 0.500. The zero-order chi connectivity index (χ0) is 26.6. The van der Waals surface area contributed by atoms with E-state index in [0.717, 1.165) is 62.1 Å². The Bertz CT molecular complexity index is 1290. The number of hydrogen-bond donors (Lipinski definition) is 2. The highest BCUT2D eigenvalue weighted by Crippen LogP contribution is 2.31. The van der Waals surface area contributed by atoms with Gasteiger partial charge in [-0.05, 0) is 74.4 Å². The molecule has 1 aliphatic heterocycles. The molecule has 2 aromatic carbocycles. The smallest absolute Gasteiger partial charge is 0.242 e. The minimum Gasteiger partial charge on any atom is -0.353 e. The maximum atomic E-state index is 13.6. The standard InChI is InChI=1S/C30H40N6O2/c1-4-31-12-13-32-29(37)19-35(20-30(38)34(3)24-16-22-9-5-6-10-23(22)17-24)28-18-26-25(15-21(28)2)27-11-7-8-14-36(27)33-26/h5-6,9-10,15,18,24,31H,4,7-8,11-14,16-17,19-20H2,1-3H3,(H,32,37). The van der Waals surface area contributed by atoms with Crippen LogP contribution < -0.4 is 15.5 Å². The summed E-state index contributed by atoms with van der Waals surface area (Å²) in [5.74, 6) is -0.0675. The van der Waals surface area contributed by atoms with Crippen LogP contribution in [0.4, 0.5) is 5.69 Å². The highest BCUT2D eigenvalue weighted by Gasteiger charge is 2.29. The molecule has 0 saturated heterocycles. The maximum Gasteiger partial charge on any atom is 0.242 e. The molecule has 8 nitrogen and oxygen atoms in total. The van der Waals surface area contributed by atoms with Gasteiger partial charge in [0.2, 0.25) is 11.8 Å². The van der Waals surface area contributed by atoms with E-state index >= 15 is 0 Å². The number of amides is 2. The second kappa shape index (κ2) is 11.6. The van der Waals surface area contributed by atoms with Gasteiger partial charge in [-0.15, -0.1) is 0 Å². The van der Waals surface area contributed by atoms with E-state index in [4.69, 9.17) is 5.10 Å². The molecule has 0 unspecified atom stereocenters. The summed E-state index contributed by atoms with van der Waals surface area (Å²) in [5, 5.41) is 12.3. The summed E-state index contributed by atoms with van der Waals surface area (Å²) in [4.78, 5) is 30.4. The number of likely N-dealkylation sites (N-methyl/N-ethyl adjacent to an activating group) is 2. The third kappa shape index (κ3) is 5.55. The van der Waals surface area contributed by atoms with Crippen LogP contribution in [0.25, 0.3) is 10.9 Å². The molecule has 1 aromatic heterocycles. The molecule has 0 fully saturated rings. The second-order valence-electron chi connectivity index (χ2n) is 10.7. The lowest BCUT2D eigenvalue weighted by molar-refractivity contribution is -0.130. The van der Waals surface area contributed by atoms with Gasteiger partial charge in [0.1, 0.15) is 0 Å². The van der Waals surface area contributed by atoms with Crippen molar-refractivity contribution >= 4 is 28.4 Å². The minimum absolute atomic E-state index is 0.0203. The summed E-state index contributed by atoms with van der Waals surface area (Å²) < 4.78 is 2.13. The molecule has 8 heteroatoms. The molecule has 5 rings (SSSR count). The Morgan fingerprint density at radius 2 is 1.84 bits per heavy atom. The largest absolute Gasteiger partial charge is 0.353 e. The number of aryl methyl sites for hydroxylation is 3. The predicted molar refractivity (Wildman–Crippen MR) is 152 cm³/mol. The highest BCUT2D eigenvalue weighted by atomic mass is 16.2. The molecule has 2 amide bonds. The van der Waals surface area contributed by atoms with E-state index in [1.807, 2.05) is 23.8 Å². The molecule has 0 saturated carbocycles. The van der Waals surface area contributed by atoms with Crippen LogP contribution in [0.5, 0.6) is 0 Å². The molecule has 2 N–H and O–H groups in total. The molecule has 3 aromatic rings. The molecule has 2 aliphatic rings. The van der Waals surface area contributed by atoms with Gasteiger partial charge in [0.25, 0.3) is 0 Å². The number of rotatable bonds is 10. The Hall–Kier alpha value is -3.39. The first-order chi connectivity index (χ1) is 18.4. The fourth-order valence-electron chi connectivity index (χ4n) is 5.88. The van der Waals surface area contributed by atoms with Gasteiger partial charge in [-0.2, -0.15) is 5.10 Å². The van der Waals surface area contributed by atoms with E-state index in [1.54, 1.807) is 0 Å². The normalized spacial score (nSPS) is 14.8. The summed E-state index contributed by atoms with van der Waals surface area (Å²) in [6, 6.07) is 12.8. The van der Waals surface area contributed by atoms with Gasteiger partial charge in [0.15, 0.2) is 0 Å². The number of nitrogens with one attached hydrogen (secondary N) is 2. The first-order valence-corrected chi connectivity index (χ1v) is 14.0. The number of anilines is 1. The first kappa shape index (κ1) is 26.2. The molecular formula is C30H40N6O2. The van der Waals surface area contributed by atoms with Gasteiger partial charge < -0.3 is 20.4 Å². The Morgan fingerprint density at radius 3 is 2.58 bits per heavy atom. The summed E-state index contributed by atoms with van der Waals surface area (Å²) in [5.41, 5.74) is 6.82. The number of aromatic nitrogens is 2. The van der Waals surface area contributed by atoms with Crippen molar-refractivity contribution < 1.29 is 9.59 Å². The number of hydrogen-bond acceptors (Lipinski definition) is 5. The van der Waals surface area contributed by atoms with Gasteiger partial charge in [-0.25, -0.2) is 0 Å². The van der Waals surface area contributed by atoms with Gasteiger partial charge in [0, 0.05) is 49.5 Å². The van der Waals surface area contributed by atoms with Crippen molar-refractivity contribution in [2.45, 2.75) is 58.5 Å². The lowest BCUT2D eigenvalue weighted by Gasteiger charge is -2.30. The van der Waals surface area contributed by atoms with E-state index < -0.39 is 0 Å². The quantitative estimate of drug-likeness (QED) is 0.405. The molecule has 2 heterocycles. The average molecular weight is 517 g/mol. The van der Waals surface area contributed by atoms with Gasteiger partial charge in [-0.3, -0.25) is 14.3 Å². The topological polar surface area (TPSA) is 82.5 Å². The summed E-state index contributed by atoms with van der Waals surface area (Å²) in [7, 11) is 1.90. The van der Waals surface area contributed by atoms with Crippen LogP contribution in [-0.4, -0.2) is 72.3 Å². The number of fused-ring (bicyclic) bond motifs is 4. The summed E-state index contributed by atoms with van der Waals surface area (Å²) in [6.45, 7) is 7.46. The zero-order valence-corrected chi connectivity index (χ0v) is 22.9. The van der Waals surface area contributed by atoms with Crippen LogP contribution in [0.2, 0.25) is 0 Å². The maximum absolute atomic E-state index is 13.6. The van der Waals surface area contributed by atoms with Crippen LogP contribution in [-0.2, 0) is 35.4 Å². The van der Waals surface area contributed by atoms with Crippen LogP contribution in [0.3, 0.4) is 0 Å². The molecular weight excluding hydrogens is 476 g/mol. The van der Waals surface area contributed by atoms with Crippen molar-refractivity contribution in [2.75, 3.05) is 44.7 Å². The van der Waals surface area contributed by atoms with Crippen molar-refractivity contribution in [3.63, 3.8) is 0 Å². The molecule has 0 spiro atoms. The van der Waals surface area contributed by atoms with E-state index in [0.29, 0.717) is 6.54 Å². The van der Waals surface area contributed by atoms with E-state index in [1.165, 1.54) is 28.6 Å². The minimum atomic E-state index is -0.0877. The molecule has 202 valence electrons. The lowest BCUT2D eigenvalue weighted by atomic mass is 10.0. The summed E-state index contributed by atoms with van der Waals surface area (Å²) in [6.07, 6.45) is 5.12. The van der Waals surface area contributed by atoms with Gasteiger partial charge in [0.05, 0.1) is 18.6 Å². The second-order valence-corrected chi connectivity index (χ2v) is 10.7. The molecule has 0 bridgehead atoms. The van der Waals surface area contributed by atoms with E-state index in [-0.39, 0.29) is 30.9 Å². The third-order valence-electron chi connectivity index (χ3n) is 8.04. The Labute approximate surface area is 225 Å². The Kier molecular flexibility index (Phi) is 7.98. The fourth-order valence-corrected chi connectivity index (χ4v) is 5.88. The van der Waals surface area contributed by atoms with Crippen LogP contribution in [0, 0.1) is 6.92 Å². The molecule has 1 aliphatic carbocycles. The molecule has 38 heavy (non-hydrogen) atoms. The SMILES string of the molecule is CCNCCNC(=O)CN(CC(=O)N(C)C1Cc2ccccc2C1)c1cc2nn3c(c2cc1C)CCCC3. The number of carbonyl (C=O) groups is 2. The van der Waals surface area contributed by atoms with Crippen molar-refractivity contribution in [3.8, 4) is 0 Å². The van der Waals surface area contributed by atoms with E-state index in [2.05, 4.69) is 58.6 Å². The predicted octanol–water partition coefficient (Wildman–Crippen LogP) is 2.84. The summed E-state index contributed by atoms with van der Waals surface area (Å²) >= 11 is 0. The number of benzene rings is 2. The first-order valence-electron chi connectivity index (χ1n) is 14.0. The zero-order valence-electron chi connectivity index (χ0n) is 22.9. The van der Waals surface area contributed by atoms with Crippen LogP contribution >= 0.6 is 0 Å². The van der Waals surface area contributed by atoms with Crippen molar-refractivity contribution in [3.05, 3.63) is 58.8 Å². The molecule has 0 radical (unpaired) electrons. The number of carbonyl (C=O) groups excluding carboxylic acids is 2. The van der Waals surface area contributed by atoms with Crippen LogP contribution in [0.1, 0.15) is 42.1 Å².